The van der Waals surface area contributed by atoms with Crippen LogP contribution < -0.4 is 15.1 Å². The number of hydrogen-bond acceptors (Lipinski definition) is 5. The minimum atomic E-state index is -0.371. The number of aromatic hydroxyl groups is 1. The number of carbonyl (C=O) groups is 2. The Labute approximate surface area is 170 Å². The summed E-state index contributed by atoms with van der Waals surface area (Å²) in [5, 5.41) is 12.9. The highest BCUT2D eigenvalue weighted by molar-refractivity contribution is 5.93. The Bertz CT molecular complexity index is 843. The molecule has 1 fully saturated rings. The minimum absolute atomic E-state index is 0.0616. The number of ether oxygens (including phenoxy) is 1. The summed E-state index contributed by atoms with van der Waals surface area (Å²) in [7, 11) is 0. The molecule has 0 unspecified atom stereocenters. The fraction of sp³-hybridized carbons (Fsp3) is 0.364. The Kier molecular flexibility index (Phi) is 6.72. The molecule has 0 bridgehead atoms. The smallest absolute Gasteiger partial charge is 0.338 e. The molecule has 0 atom stereocenters. The first-order valence-corrected chi connectivity index (χ1v) is 9.90. The molecule has 7 nitrogen and oxygen atoms in total. The summed E-state index contributed by atoms with van der Waals surface area (Å²) < 4.78 is 5.16. The van der Waals surface area contributed by atoms with E-state index in [4.69, 9.17) is 4.74 Å². The molecule has 1 aliphatic heterocycles. The molecule has 7 heteroatoms. The lowest BCUT2D eigenvalue weighted by atomic mass is 10.2. The first-order valence-electron chi connectivity index (χ1n) is 9.90. The maximum Gasteiger partial charge on any atom is 0.338 e. The molecule has 2 aromatic carbocycles. The maximum absolute atomic E-state index is 12.4. The average molecular weight is 398 g/mol. The molecule has 0 saturated carbocycles. The molecule has 29 heavy (non-hydrogen) atoms. The van der Waals surface area contributed by atoms with Crippen molar-refractivity contribution < 1.29 is 24.3 Å². The van der Waals surface area contributed by atoms with Crippen LogP contribution in [-0.4, -0.2) is 55.8 Å². The third-order valence-electron chi connectivity index (χ3n) is 4.85. The minimum Gasteiger partial charge on any atom is -0.506 e. The summed E-state index contributed by atoms with van der Waals surface area (Å²) >= 11 is 0. The van der Waals surface area contributed by atoms with Gasteiger partial charge in [0.2, 0.25) is 0 Å². The van der Waals surface area contributed by atoms with Gasteiger partial charge in [-0.3, -0.25) is 4.79 Å². The van der Waals surface area contributed by atoms with Crippen LogP contribution in [0.5, 0.6) is 5.75 Å². The van der Waals surface area contributed by atoms with Crippen LogP contribution in [0.2, 0.25) is 0 Å². The summed E-state index contributed by atoms with van der Waals surface area (Å²) in [6.45, 7) is 7.20. The molecule has 3 rings (SSSR count). The number of anilines is 2. The second kappa shape index (κ2) is 9.43. The van der Waals surface area contributed by atoms with Gasteiger partial charge in [-0.2, -0.15) is 0 Å². The number of esters is 1. The quantitative estimate of drug-likeness (QED) is 0.639. The van der Waals surface area contributed by atoms with Crippen LogP contribution in [0.4, 0.5) is 11.4 Å². The van der Waals surface area contributed by atoms with Gasteiger partial charge in [0.1, 0.15) is 5.75 Å². The molecule has 154 valence electrons. The number of benzene rings is 2. The van der Waals surface area contributed by atoms with E-state index < -0.39 is 0 Å². The number of para-hydroxylation sites is 2. The van der Waals surface area contributed by atoms with Gasteiger partial charge in [-0.05, 0) is 50.2 Å². The van der Waals surface area contributed by atoms with Crippen molar-refractivity contribution in [3.8, 4) is 5.75 Å². The number of carbonyl (C=O) groups excluding carboxylic acids is 2. The highest BCUT2D eigenvalue weighted by Gasteiger charge is 2.23. The fourth-order valence-electron chi connectivity index (χ4n) is 3.38. The molecule has 0 aromatic heterocycles. The van der Waals surface area contributed by atoms with E-state index in [0.717, 1.165) is 31.9 Å². The number of rotatable bonds is 6. The van der Waals surface area contributed by atoms with Crippen molar-refractivity contribution >= 4 is 23.3 Å². The zero-order valence-electron chi connectivity index (χ0n) is 16.9. The van der Waals surface area contributed by atoms with Gasteiger partial charge < -0.3 is 25.0 Å². The number of phenolic OH excluding ortho intramolecular Hbond substituents is 1. The third kappa shape index (κ3) is 5.71. The van der Waals surface area contributed by atoms with E-state index in [1.807, 2.05) is 18.2 Å². The molecule has 0 spiro atoms. The van der Waals surface area contributed by atoms with Crippen molar-refractivity contribution in [2.24, 2.45) is 0 Å². The van der Waals surface area contributed by atoms with E-state index in [1.54, 1.807) is 44.2 Å². The predicted octanol–water partition coefficient (Wildman–Crippen LogP) is 1.30. The van der Waals surface area contributed by atoms with Crippen molar-refractivity contribution in [2.75, 3.05) is 42.9 Å². The van der Waals surface area contributed by atoms with Gasteiger partial charge in [-0.15, -0.1) is 0 Å². The lowest BCUT2D eigenvalue weighted by Crippen LogP contribution is -3.15. The average Bonchev–Trinajstić information content (AvgIpc) is 2.69. The van der Waals surface area contributed by atoms with E-state index in [2.05, 4.69) is 10.2 Å². The second-order valence-electron chi connectivity index (χ2n) is 7.48. The zero-order chi connectivity index (χ0) is 20.8. The summed E-state index contributed by atoms with van der Waals surface area (Å²) in [6, 6.07) is 14.0. The predicted molar refractivity (Wildman–Crippen MR) is 112 cm³/mol. The number of nitrogens with one attached hydrogen (secondary N) is 2. The van der Waals surface area contributed by atoms with Crippen LogP contribution in [0.15, 0.2) is 48.5 Å². The van der Waals surface area contributed by atoms with E-state index in [0.29, 0.717) is 17.8 Å². The highest BCUT2D eigenvalue weighted by atomic mass is 16.5. The van der Waals surface area contributed by atoms with E-state index in [-0.39, 0.29) is 23.7 Å². The van der Waals surface area contributed by atoms with E-state index in [9.17, 15) is 14.7 Å². The van der Waals surface area contributed by atoms with Crippen LogP contribution in [0.1, 0.15) is 24.2 Å². The molecule has 0 aliphatic carbocycles. The number of amides is 1. The fourth-order valence-corrected chi connectivity index (χ4v) is 3.38. The molecule has 2 aromatic rings. The molecular weight excluding hydrogens is 370 g/mol. The summed E-state index contributed by atoms with van der Waals surface area (Å²) in [5.74, 6) is -0.146. The third-order valence-corrected chi connectivity index (χ3v) is 4.85. The topological polar surface area (TPSA) is 83.3 Å². The first kappa shape index (κ1) is 20.7. The van der Waals surface area contributed by atoms with Gasteiger partial charge in [-0.25, -0.2) is 4.79 Å². The largest absolute Gasteiger partial charge is 0.506 e. The molecule has 1 saturated heterocycles. The molecule has 1 aliphatic rings. The van der Waals surface area contributed by atoms with Gasteiger partial charge in [0.15, 0.2) is 6.54 Å². The summed E-state index contributed by atoms with van der Waals surface area (Å²) in [6.07, 6.45) is -0.170. The lowest BCUT2D eigenvalue weighted by molar-refractivity contribution is -0.892. The Morgan fingerprint density at radius 3 is 2.38 bits per heavy atom. The Morgan fingerprint density at radius 1 is 1.10 bits per heavy atom. The van der Waals surface area contributed by atoms with Crippen molar-refractivity contribution in [2.45, 2.75) is 20.0 Å². The lowest BCUT2D eigenvalue weighted by Gasteiger charge is -2.33. The van der Waals surface area contributed by atoms with Crippen LogP contribution in [0.3, 0.4) is 0 Å². The van der Waals surface area contributed by atoms with E-state index >= 15 is 0 Å². The maximum atomic E-state index is 12.4. The highest BCUT2D eigenvalue weighted by Crippen LogP contribution is 2.25. The number of phenols is 1. The molecule has 1 amide bonds. The van der Waals surface area contributed by atoms with Crippen LogP contribution in [-0.2, 0) is 9.53 Å². The van der Waals surface area contributed by atoms with Gasteiger partial charge in [0.05, 0.1) is 43.5 Å². The summed E-state index contributed by atoms with van der Waals surface area (Å²) in [5.41, 5.74) is 1.96. The Balaban J connectivity index is 1.47. The Morgan fingerprint density at radius 2 is 1.76 bits per heavy atom. The number of piperazine rings is 1. The summed E-state index contributed by atoms with van der Waals surface area (Å²) in [4.78, 5) is 27.6. The van der Waals surface area contributed by atoms with Gasteiger partial charge in [0.25, 0.3) is 5.91 Å². The van der Waals surface area contributed by atoms with Gasteiger partial charge in [-0.1, -0.05) is 12.1 Å². The van der Waals surface area contributed by atoms with Crippen LogP contribution in [0, 0.1) is 0 Å². The Hall–Kier alpha value is -3.06. The standard InChI is InChI=1S/C22H27N3O4/c1-16(2)29-22(28)17-7-9-18(10-8-17)23-21(27)15-24-11-13-25(14-12-24)19-5-3-4-6-20(19)26/h3-10,16,26H,11-15H2,1-2H3,(H,23,27)/p+1. The number of hydrogen-bond donors (Lipinski definition) is 3. The van der Waals surface area contributed by atoms with Gasteiger partial charge in [0, 0.05) is 5.69 Å². The molecule has 3 N–H and O–H groups in total. The normalized spacial score (nSPS) is 14.7. The molecule has 0 radical (unpaired) electrons. The first-order chi connectivity index (χ1) is 13.9. The molecular formula is C22H28N3O4+. The van der Waals surface area contributed by atoms with Gasteiger partial charge >= 0.3 is 5.97 Å². The molecule has 1 heterocycles. The number of nitrogens with zero attached hydrogens (tertiary/aromatic N) is 1. The zero-order valence-corrected chi connectivity index (χ0v) is 16.9. The SMILES string of the molecule is CC(C)OC(=O)c1ccc(NC(=O)C[NH+]2CCN(c3ccccc3O)CC2)cc1. The number of quaternary nitrogens is 1. The van der Waals surface area contributed by atoms with Crippen LogP contribution in [0.25, 0.3) is 0 Å². The van der Waals surface area contributed by atoms with Crippen LogP contribution >= 0.6 is 0 Å². The van der Waals surface area contributed by atoms with E-state index in [1.165, 1.54) is 4.90 Å². The monoisotopic (exact) mass is 398 g/mol. The van der Waals surface area contributed by atoms with Crippen molar-refractivity contribution in [3.05, 3.63) is 54.1 Å². The van der Waals surface area contributed by atoms with Crippen molar-refractivity contribution in [1.29, 1.82) is 0 Å². The van der Waals surface area contributed by atoms with Crippen molar-refractivity contribution in [3.63, 3.8) is 0 Å². The second-order valence-corrected chi connectivity index (χ2v) is 7.48. The van der Waals surface area contributed by atoms with Crippen molar-refractivity contribution in [1.82, 2.24) is 0 Å².